The van der Waals surface area contributed by atoms with Crippen LogP contribution in [0.1, 0.15) is 82.5 Å². The molecule has 0 unspecified atom stereocenters. The van der Waals surface area contributed by atoms with Gasteiger partial charge in [-0.25, -0.2) is 9.59 Å². The number of carbonyl (C=O) groups is 3. The number of hydrogen-bond acceptors (Lipinski definition) is 6. The predicted octanol–water partition coefficient (Wildman–Crippen LogP) is 7.25. The Bertz CT molecular complexity index is 1620. The quantitative estimate of drug-likeness (QED) is 0.205. The normalized spacial score (nSPS) is 21.5. The van der Waals surface area contributed by atoms with E-state index < -0.39 is 6.04 Å². The van der Waals surface area contributed by atoms with Crippen LogP contribution in [0.3, 0.4) is 0 Å². The summed E-state index contributed by atoms with van der Waals surface area (Å²) in [5, 5.41) is 21.3. The summed E-state index contributed by atoms with van der Waals surface area (Å²) in [5.41, 5.74) is 1.53. The molecule has 1 saturated carbocycles. The van der Waals surface area contributed by atoms with Gasteiger partial charge in [-0.1, -0.05) is 62.6 Å². The summed E-state index contributed by atoms with van der Waals surface area (Å²) in [6, 6.07) is 18.0. The van der Waals surface area contributed by atoms with Crippen LogP contribution < -0.4 is 20.7 Å². The van der Waals surface area contributed by atoms with E-state index in [0.717, 1.165) is 61.4 Å². The Balaban J connectivity index is 1.35. The van der Waals surface area contributed by atoms with Gasteiger partial charge in [0.1, 0.15) is 5.75 Å². The lowest BCUT2D eigenvalue weighted by Crippen LogP contribution is -2.48. The highest BCUT2D eigenvalue weighted by molar-refractivity contribution is 6.01. The summed E-state index contributed by atoms with van der Waals surface area (Å²) in [7, 11) is 1.75. The van der Waals surface area contributed by atoms with Crippen LogP contribution in [0.4, 0.5) is 21.0 Å². The van der Waals surface area contributed by atoms with E-state index in [9.17, 15) is 19.5 Å². The molecule has 11 nitrogen and oxygen atoms in total. The zero-order valence-electron chi connectivity index (χ0n) is 30.5. The largest absolute Gasteiger partial charge is 0.490 e. The van der Waals surface area contributed by atoms with E-state index in [-0.39, 0.29) is 55.3 Å². The number of urea groups is 2. The molecule has 5 amide bonds. The molecule has 1 aliphatic carbocycles. The number of benzene rings is 3. The van der Waals surface area contributed by atoms with Crippen molar-refractivity contribution in [3.63, 3.8) is 0 Å². The van der Waals surface area contributed by atoms with E-state index in [1.165, 1.54) is 6.42 Å². The van der Waals surface area contributed by atoms with Crippen LogP contribution in [-0.4, -0.2) is 90.5 Å². The zero-order chi connectivity index (χ0) is 36.3. The van der Waals surface area contributed by atoms with Crippen molar-refractivity contribution in [2.75, 3.05) is 44.0 Å². The molecule has 276 valence electrons. The minimum Gasteiger partial charge on any atom is -0.490 e. The Morgan fingerprint density at radius 2 is 1.71 bits per heavy atom. The minimum absolute atomic E-state index is 0.141. The number of nitrogens with one attached hydrogen (secondary N) is 3. The van der Waals surface area contributed by atoms with Gasteiger partial charge in [0.15, 0.2) is 0 Å². The molecule has 4 N–H and O–H groups in total. The number of hydrogen-bond donors (Lipinski definition) is 4. The third-order valence-electron chi connectivity index (χ3n) is 10.1. The summed E-state index contributed by atoms with van der Waals surface area (Å²) < 4.78 is 12.8. The maximum atomic E-state index is 14.5. The smallest absolute Gasteiger partial charge is 0.321 e. The van der Waals surface area contributed by atoms with Crippen molar-refractivity contribution >= 4 is 40.1 Å². The molecule has 51 heavy (non-hydrogen) atoms. The molecular formula is C40H55N5O6. The fraction of sp³-hybridized carbons (Fsp3) is 0.525. The van der Waals surface area contributed by atoms with E-state index in [2.05, 4.69) is 16.0 Å². The molecular weight excluding hydrogens is 646 g/mol. The van der Waals surface area contributed by atoms with Gasteiger partial charge in [0.05, 0.1) is 36.1 Å². The molecule has 0 bridgehead atoms. The van der Waals surface area contributed by atoms with Crippen LogP contribution in [0, 0.1) is 5.92 Å². The van der Waals surface area contributed by atoms with Gasteiger partial charge in [-0.2, -0.15) is 0 Å². The number of likely N-dealkylation sites (N-methyl/N-ethyl adjacent to an activating group) is 1. The van der Waals surface area contributed by atoms with Crippen molar-refractivity contribution < 1.29 is 29.0 Å². The predicted molar refractivity (Wildman–Crippen MR) is 201 cm³/mol. The Kier molecular flexibility index (Phi) is 13.5. The second-order valence-corrected chi connectivity index (χ2v) is 14.3. The van der Waals surface area contributed by atoms with E-state index in [1.807, 2.05) is 56.3 Å². The lowest BCUT2D eigenvalue weighted by atomic mass is 9.96. The summed E-state index contributed by atoms with van der Waals surface area (Å²) in [5.74, 6) is -0.0902. The van der Waals surface area contributed by atoms with Gasteiger partial charge in [0, 0.05) is 49.8 Å². The summed E-state index contributed by atoms with van der Waals surface area (Å²) in [6.45, 7) is 6.60. The molecule has 0 saturated heterocycles. The van der Waals surface area contributed by atoms with Crippen LogP contribution in [0.25, 0.3) is 10.8 Å². The number of aliphatic hydroxyl groups excluding tert-OH is 1. The van der Waals surface area contributed by atoms with Crippen LogP contribution in [0.2, 0.25) is 0 Å². The Labute approximate surface area is 302 Å². The van der Waals surface area contributed by atoms with Gasteiger partial charge >= 0.3 is 12.1 Å². The maximum absolute atomic E-state index is 14.5. The third kappa shape index (κ3) is 10.4. The molecule has 1 aliphatic heterocycles. The Hall–Kier alpha value is -4.35. The highest BCUT2D eigenvalue weighted by atomic mass is 16.5. The SMILES string of the molecule is C[C@@H]1CCCCO[C@@H](CN(C)C(=O)Nc2cccc3ccccc23)[C@H](C)CN([C@H](C)CO)C(=O)c2cc(NC(=O)NC3CCCCC3)ccc2O1. The molecule has 3 aromatic carbocycles. The van der Waals surface area contributed by atoms with Crippen molar-refractivity contribution in [2.45, 2.75) is 96.4 Å². The molecule has 0 radical (unpaired) electrons. The minimum atomic E-state index is -0.516. The van der Waals surface area contributed by atoms with Crippen LogP contribution in [-0.2, 0) is 4.74 Å². The van der Waals surface area contributed by atoms with Crippen LogP contribution >= 0.6 is 0 Å². The van der Waals surface area contributed by atoms with Crippen molar-refractivity contribution in [3.05, 3.63) is 66.2 Å². The zero-order valence-corrected chi connectivity index (χ0v) is 30.5. The summed E-state index contributed by atoms with van der Waals surface area (Å²) >= 11 is 0. The van der Waals surface area contributed by atoms with E-state index in [0.29, 0.717) is 30.2 Å². The monoisotopic (exact) mass is 701 g/mol. The number of nitrogens with zero attached hydrogens (tertiary/aromatic N) is 2. The molecule has 4 atom stereocenters. The molecule has 0 aromatic heterocycles. The third-order valence-corrected chi connectivity index (χ3v) is 10.1. The molecule has 1 heterocycles. The molecule has 5 rings (SSSR count). The van der Waals surface area contributed by atoms with Crippen LogP contribution in [0.15, 0.2) is 60.7 Å². The van der Waals surface area contributed by atoms with Crippen molar-refractivity contribution in [2.24, 2.45) is 5.92 Å². The maximum Gasteiger partial charge on any atom is 0.321 e. The van der Waals surface area contributed by atoms with E-state index >= 15 is 0 Å². The van der Waals surface area contributed by atoms with Crippen LogP contribution in [0.5, 0.6) is 5.75 Å². The number of aliphatic hydroxyl groups is 1. The first kappa shape index (κ1) is 37.9. The molecule has 2 aliphatic rings. The number of fused-ring (bicyclic) bond motifs is 2. The van der Waals surface area contributed by atoms with Gasteiger partial charge in [-0.15, -0.1) is 0 Å². The average Bonchev–Trinajstić information content (AvgIpc) is 3.13. The first-order chi connectivity index (χ1) is 24.6. The van der Waals surface area contributed by atoms with Gasteiger partial charge in [0.2, 0.25) is 0 Å². The number of rotatable bonds is 7. The number of amides is 5. The molecule has 1 fully saturated rings. The topological polar surface area (TPSA) is 132 Å². The summed E-state index contributed by atoms with van der Waals surface area (Å²) in [6.07, 6.45) is 7.19. The van der Waals surface area contributed by atoms with Crippen molar-refractivity contribution in [1.29, 1.82) is 0 Å². The lowest BCUT2D eigenvalue weighted by molar-refractivity contribution is -0.0115. The highest BCUT2D eigenvalue weighted by Crippen LogP contribution is 2.29. The number of ether oxygens (including phenoxy) is 2. The van der Waals surface area contributed by atoms with E-state index in [1.54, 1.807) is 42.0 Å². The van der Waals surface area contributed by atoms with Crippen molar-refractivity contribution in [3.8, 4) is 5.75 Å². The first-order valence-corrected chi connectivity index (χ1v) is 18.5. The van der Waals surface area contributed by atoms with Gasteiger partial charge in [-0.3, -0.25) is 4.79 Å². The van der Waals surface area contributed by atoms with Crippen molar-refractivity contribution in [1.82, 2.24) is 15.1 Å². The fourth-order valence-electron chi connectivity index (χ4n) is 6.96. The molecule has 3 aromatic rings. The van der Waals surface area contributed by atoms with Gasteiger partial charge in [0.25, 0.3) is 5.91 Å². The molecule has 11 heteroatoms. The van der Waals surface area contributed by atoms with E-state index in [4.69, 9.17) is 9.47 Å². The Morgan fingerprint density at radius 1 is 0.961 bits per heavy atom. The average molecular weight is 702 g/mol. The number of carbonyl (C=O) groups excluding carboxylic acids is 3. The first-order valence-electron chi connectivity index (χ1n) is 18.5. The second-order valence-electron chi connectivity index (χ2n) is 14.3. The standard InChI is InChI=1S/C40H55N5O6/c1-27-24-45(28(2)26-46)38(47)34-23-32(42-39(48)41-31-16-6-5-7-17-31)20-21-36(34)51-29(3)13-10-11-22-50-37(27)25-44(4)40(49)43-35-19-12-15-30-14-8-9-18-33(30)35/h8-9,12,14-15,18-21,23,27-29,31,37,46H,5-7,10-11,13,16-17,22,24-26H2,1-4H3,(H,43,49)(H2,41,42,48)/t27-,28-,29-,37+/m1/s1. The number of anilines is 2. The Morgan fingerprint density at radius 3 is 2.49 bits per heavy atom. The van der Waals surface area contributed by atoms with Gasteiger partial charge < -0.3 is 40.3 Å². The summed E-state index contributed by atoms with van der Waals surface area (Å²) in [4.78, 5) is 44.1. The lowest BCUT2D eigenvalue weighted by Gasteiger charge is -2.36. The van der Waals surface area contributed by atoms with Gasteiger partial charge in [-0.05, 0) is 75.6 Å². The molecule has 0 spiro atoms. The highest BCUT2D eigenvalue weighted by Gasteiger charge is 2.31. The second kappa shape index (κ2) is 18.2. The fourth-order valence-corrected chi connectivity index (χ4v) is 6.96.